The van der Waals surface area contributed by atoms with E-state index in [0.29, 0.717) is 12.3 Å². The minimum Gasteiger partial charge on any atom is -0.496 e. The Kier molecular flexibility index (Phi) is 6.27. The van der Waals surface area contributed by atoms with E-state index in [4.69, 9.17) is 16.3 Å². The zero-order valence-corrected chi connectivity index (χ0v) is 14.0. The lowest BCUT2D eigenvalue weighted by Crippen LogP contribution is -2.28. The van der Waals surface area contributed by atoms with Gasteiger partial charge in [-0.15, -0.1) is 0 Å². The van der Waals surface area contributed by atoms with E-state index in [1.54, 1.807) is 6.07 Å². The molecule has 0 radical (unpaired) electrons. The Labute approximate surface area is 147 Å². The monoisotopic (exact) mass is 372 g/mol. The van der Waals surface area contributed by atoms with Crippen LogP contribution in [0, 0.1) is 0 Å². The molecule has 0 atom stereocenters. The van der Waals surface area contributed by atoms with E-state index in [-0.39, 0.29) is 17.3 Å². The van der Waals surface area contributed by atoms with E-state index in [9.17, 15) is 18.0 Å². The van der Waals surface area contributed by atoms with E-state index >= 15 is 0 Å². The summed E-state index contributed by atoms with van der Waals surface area (Å²) in [6.45, 7) is 0.183. The predicted octanol–water partition coefficient (Wildman–Crippen LogP) is 4.10. The number of anilines is 1. The first-order chi connectivity index (χ1) is 11.8. The summed E-state index contributed by atoms with van der Waals surface area (Å²) >= 11 is 5.60. The summed E-state index contributed by atoms with van der Waals surface area (Å²) in [6, 6.07) is 10.4. The first kappa shape index (κ1) is 19.1. The molecule has 0 aliphatic heterocycles. The second-order valence-electron chi connectivity index (χ2n) is 5.15. The summed E-state index contributed by atoms with van der Waals surface area (Å²) < 4.78 is 44.2. The molecule has 0 spiro atoms. The Hall–Kier alpha value is -2.25. The molecule has 1 amide bonds. The molecule has 0 bridgehead atoms. The van der Waals surface area contributed by atoms with Crippen LogP contribution in [0.2, 0.25) is 5.02 Å². The van der Waals surface area contributed by atoms with Crippen LogP contribution in [0.1, 0.15) is 11.1 Å². The largest absolute Gasteiger partial charge is 0.496 e. The van der Waals surface area contributed by atoms with E-state index in [2.05, 4.69) is 10.6 Å². The SMILES string of the molecule is COc1ccccc1CNCC(=O)Nc1ccc(Cl)cc1C(F)(F)F. The molecule has 2 aromatic carbocycles. The molecular formula is C17H16ClF3N2O2. The number of carbonyl (C=O) groups is 1. The van der Waals surface area contributed by atoms with Crippen molar-refractivity contribution in [2.45, 2.75) is 12.7 Å². The quantitative estimate of drug-likeness (QED) is 0.802. The number of halogens is 4. The molecule has 0 unspecified atom stereocenters. The molecular weight excluding hydrogens is 357 g/mol. The summed E-state index contributed by atoms with van der Waals surface area (Å²) in [5.74, 6) is 0.0650. The van der Waals surface area contributed by atoms with E-state index in [1.807, 2.05) is 18.2 Å². The van der Waals surface area contributed by atoms with Gasteiger partial charge < -0.3 is 15.4 Å². The second-order valence-corrected chi connectivity index (χ2v) is 5.59. The Balaban J connectivity index is 1.97. The minimum absolute atomic E-state index is 0.0559. The number of amides is 1. The van der Waals surface area contributed by atoms with Gasteiger partial charge in [0.1, 0.15) is 5.75 Å². The van der Waals surface area contributed by atoms with Crippen LogP contribution >= 0.6 is 11.6 Å². The predicted molar refractivity (Wildman–Crippen MR) is 89.8 cm³/mol. The number of benzene rings is 2. The van der Waals surface area contributed by atoms with Gasteiger partial charge in [0.05, 0.1) is 24.9 Å². The summed E-state index contributed by atoms with van der Waals surface area (Å²) in [6.07, 6.45) is -4.61. The number of methoxy groups -OCH3 is 1. The molecule has 2 aromatic rings. The van der Waals surface area contributed by atoms with Crippen molar-refractivity contribution in [3.8, 4) is 5.75 Å². The van der Waals surface area contributed by atoms with Crippen molar-refractivity contribution in [3.05, 3.63) is 58.6 Å². The summed E-state index contributed by atoms with van der Waals surface area (Å²) in [4.78, 5) is 11.9. The third kappa shape index (κ3) is 5.37. The average Bonchev–Trinajstić information content (AvgIpc) is 2.56. The van der Waals surface area contributed by atoms with Crippen LogP contribution in [-0.4, -0.2) is 19.6 Å². The van der Waals surface area contributed by atoms with Gasteiger partial charge in [0.25, 0.3) is 0 Å². The van der Waals surface area contributed by atoms with Gasteiger partial charge in [0.15, 0.2) is 0 Å². The number of hydrogen-bond acceptors (Lipinski definition) is 3. The van der Waals surface area contributed by atoms with Gasteiger partial charge in [-0.05, 0) is 24.3 Å². The lowest BCUT2D eigenvalue weighted by molar-refractivity contribution is -0.137. The van der Waals surface area contributed by atoms with Crippen LogP contribution in [-0.2, 0) is 17.5 Å². The van der Waals surface area contributed by atoms with Gasteiger partial charge in [0, 0.05) is 17.1 Å². The smallest absolute Gasteiger partial charge is 0.418 e. The van der Waals surface area contributed by atoms with E-state index < -0.39 is 17.6 Å². The number of hydrogen-bond donors (Lipinski definition) is 2. The Bertz CT molecular complexity index is 751. The van der Waals surface area contributed by atoms with E-state index in [1.165, 1.54) is 13.2 Å². The highest BCUT2D eigenvalue weighted by atomic mass is 35.5. The third-order valence-corrected chi connectivity index (χ3v) is 3.59. The van der Waals surface area contributed by atoms with Crippen LogP contribution in [0.3, 0.4) is 0 Å². The first-order valence-corrected chi connectivity index (χ1v) is 7.68. The van der Waals surface area contributed by atoms with Crippen molar-refractivity contribution >= 4 is 23.2 Å². The molecule has 8 heteroatoms. The maximum absolute atomic E-state index is 13.0. The lowest BCUT2D eigenvalue weighted by Gasteiger charge is -2.14. The number of alkyl halides is 3. The number of ether oxygens (including phenoxy) is 1. The molecule has 0 saturated carbocycles. The van der Waals surface area contributed by atoms with Crippen molar-refractivity contribution in [1.29, 1.82) is 0 Å². The van der Waals surface area contributed by atoms with Gasteiger partial charge >= 0.3 is 6.18 Å². The normalized spacial score (nSPS) is 11.2. The molecule has 0 saturated heterocycles. The lowest BCUT2D eigenvalue weighted by atomic mass is 10.1. The molecule has 0 aliphatic rings. The first-order valence-electron chi connectivity index (χ1n) is 7.30. The average molecular weight is 373 g/mol. The van der Waals surface area contributed by atoms with E-state index in [0.717, 1.165) is 17.7 Å². The maximum atomic E-state index is 13.0. The molecule has 0 aromatic heterocycles. The Morgan fingerprint density at radius 2 is 1.92 bits per heavy atom. The fourth-order valence-electron chi connectivity index (χ4n) is 2.21. The van der Waals surface area contributed by atoms with Gasteiger partial charge in [-0.1, -0.05) is 29.8 Å². The van der Waals surface area contributed by atoms with Crippen LogP contribution in [0.25, 0.3) is 0 Å². The molecule has 2 rings (SSSR count). The zero-order valence-electron chi connectivity index (χ0n) is 13.3. The van der Waals surface area contributed by atoms with Crippen molar-refractivity contribution in [1.82, 2.24) is 5.32 Å². The minimum atomic E-state index is -4.61. The highest BCUT2D eigenvalue weighted by molar-refractivity contribution is 6.30. The molecule has 0 heterocycles. The summed E-state index contributed by atoms with van der Waals surface area (Å²) in [7, 11) is 1.53. The fourth-order valence-corrected chi connectivity index (χ4v) is 2.39. The number of rotatable bonds is 6. The Morgan fingerprint density at radius 1 is 1.20 bits per heavy atom. The number of carbonyl (C=O) groups excluding carboxylic acids is 1. The van der Waals surface area contributed by atoms with Crippen LogP contribution in [0.4, 0.5) is 18.9 Å². The van der Waals surface area contributed by atoms with Gasteiger partial charge in [-0.3, -0.25) is 4.79 Å². The molecule has 2 N–H and O–H groups in total. The van der Waals surface area contributed by atoms with Crippen LogP contribution in [0.15, 0.2) is 42.5 Å². The summed E-state index contributed by atoms with van der Waals surface area (Å²) in [5, 5.41) is 5.06. The van der Waals surface area contributed by atoms with Crippen molar-refractivity contribution in [2.24, 2.45) is 0 Å². The molecule has 134 valence electrons. The molecule has 25 heavy (non-hydrogen) atoms. The van der Waals surface area contributed by atoms with Crippen LogP contribution < -0.4 is 15.4 Å². The number of para-hydroxylation sites is 1. The zero-order chi connectivity index (χ0) is 18.4. The third-order valence-electron chi connectivity index (χ3n) is 3.35. The molecule has 4 nitrogen and oxygen atoms in total. The fraction of sp³-hybridized carbons (Fsp3) is 0.235. The maximum Gasteiger partial charge on any atom is 0.418 e. The topological polar surface area (TPSA) is 50.4 Å². The standard InChI is InChI=1S/C17H16ClF3N2O2/c1-25-15-5-3-2-4-11(15)9-22-10-16(24)23-14-7-6-12(18)8-13(14)17(19,20)21/h2-8,22H,9-10H2,1H3,(H,23,24). The number of nitrogens with one attached hydrogen (secondary N) is 2. The van der Waals surface area contributed by atoms with Crippen molar-refractivity contribution in [2.75, 3.05) is 19.0 Å². The van der Waals surface area contributed by atoms with Crippen LogP contribution in [0.5, 0.6) is 5.75 Å². The van der Waals surface area contributed by atoms with Crippen molar-refractivity contribution in [3.63, 3.8) is 0 Å². The van der Waals surface area contributed by atoms with Gasteiger partial charge in [0.2, 0.25) is 5.91 Å². The second kappa shape index (κ2) is 8.22. The summed E-state index contributed by atoms with van der Waals surface area (Å²) in [5.41, 5.74) is -0.487. The molecule has 0 fully saturated rings. The molecule has 0 aliphatic carbocycles. The van der Waals surface area contributed by atoms with Gasteiger partial charge in [-0.25, -0.2) is 0 Å². The van der Waals surface area contributed by atoms with Gasteiger partial charge in [-0.2, -0.15) is 13.2 Å². The highest BCUT2D eigenvalue weighted by Crippen LogP contribution is 2.36. The Morgan fingerprint density at radius 3 is 2.60 bits per heavy atom. The highest BCUT2D eigenvalue weighted by Gasteiger charge is 2.34. The van der Waals surface area contributed by atoms with Crippen molar-refractivity contribution < 1.29 is 22.7 Å².